The Labute approximate surface area is 111 Å². The number of hydrogen-bond donors (Lipinski definition) is 0. The van der Waals surface area contributed by atoms with Crippen LogP contribution in [0, 0.1) is 2.88 Å². The van der Waals surface area contributed by atoms with Crippen molar-refractivity contribution in [2.75, 3.05) is 0 Å². The SMILES string of the molecule is O=C(c1csc(I)c1)c1ccc(Br)s1. The molecule has 0 aliphatic carbocycles. The molecule has 2 aromatic heterocycles. The first-order chi connectivity index (χ1) is 6.66. The van der Waals surface area contributed by atoms with Crippen LogP contribution in [-0.2, 0) is 0 Å². The van der Waals surface area contributed by atoms with Gasteiger partial charge in [0.25, 0.3) is 0 Å². The molecule has 2 aromatic rings. The first-order valence-corrected chi connectivity index (χ1v) is 7.27. The van der Waals surface area contributed by atoms with Crippen molar-refractivity contribution in [1.82, 2.24) is 0 Å². The Kier molecular flexibility index (Phi) is 3.41. The molecule has 2 heterocycles. The van der Waals surface area contributed by atoms with Gasteiger partial charge in [-0.15, -0.1) is 22.7 Å². The molecule has 0 spiro atoms. The second-order valence-electron chi connectivity index (χ2n) is 2.57. The Morgan fingerprint density at radius 2 is 2.21 bits per heavy atom. The van der Waals surface area contributed by atoms with Gasteiger partial charge in [0.05, 0.1) is 11.5 Å². The molecule has 2 rings (SSSR count). The molecule has 72 valence electrons. The molecule has 0 aliphatic rings. The highest BCUT2D eigenvalue weighted by Gasteiger charge is 2.12. The standard InChI is InChI=1S/C9H4BrIOS2/c10-7-2-1-6(14-7)9(12)5-3-8(11)13-4-5/h1-4H. The molecule has 5 heteroatoms. The first kappa shape index (κ1) is 10.8. The Hall–Kier alpha value is 0.280. The summed E-state index contributed by atoms with van der Waals surface area (Å²) in [6.45, 7) is 0. The van der Waals surface area contributed by atoms with Gasteiger partial charge in [-0.1, -0.05) is 0 Å². The topological polar surface area (TPSA) is 17.1 Å². The third kappa shape index (κ3) is 2.26. The van der Waals surface area contributed by atoms with Crippen LogP contribution in [0.25, 0.3) is 0 Å². The summed E-state index contributed by atoms with van der Waals surface area (Å²) in [5.41, 5.74) is 0.786. The molecular weight excluding hydrogens is 395 g/mol. The fourth-order valence-electron chi connectivity index (χ4n) is 1.01. The summed E-state index contributed by atoms with van der Waals surface area (Å²) in [4.78, 5) is 12.6. The Morgan fingerprint density at radius 3 is 2.71 bits per heavy atom. The van der Waals surface area contributed by atoms with Gasteiger partial charge in [-0.25, -0.2) is 0 Å². The molecular formula is C9H4BrIOS2. The highest BCUT2D eigenvalue weighted by Crippen LogP contribution is 2.26. The van der Waals surface area contributed by atoms with Crippen LogP contribution in [0.4, 0.5) is 0 Å². The summed E-state index contributed by atoms with van der Waals surface area (Å²) in [5, 5.41) is 1.90. The van der Waals surface area contributed by atoms with Gasteiger partial charge >= 0.3 is 0 Å². The number of rotatable bonds is 2. The van der Waals surface area contributed by atoms with Gasteiger partial charge in [-0.3, -0.25) is 4.79 Å². The van der Waals surface area contributed by atoms with Crippen molar-refractivity contribution in [3.8, 4) is 0 Å². The van der Waals surface area contributed by atoms with Crippen molar-refractivity contribution >= 4 is 67.0 Å². The normalized spacial score (nSPS) is 10.4. The molecule has 0 saturated heterocycles. The highest BCUT2D eigenvalue weighted by atomic mass is 127. The largest absolute Gasteiger partial charge is 0.288 e. The molecule has 0 N–H and O–H groups in total. The maximum Gasteiger partial charge on any atom is 0.203 e. The summed E-state index contributed by atoms with van der Waals surface area (Å²) in [5.74, 6) is 0.111. The van der Waals surface area contributed by atoms with Gasteiger partial charge in [0.1, 0.15) is 0 Å². The number of ketones is 1. The zero-order valence-electron chi connectivity index (χ0n) is 6.79. The van der Waals surface area contributed by atoms with Crippen molar-refractivity contribution in [3.05, 3.63) is 40.7 Å². The molecule has 1 nitrogen and oxygen atoms in total. The molecule has 0 fully saturated rings. The van der Waals surface area contributed by atoms with E-state index < -0.39 is 0 Å². The van der Waals surface area contributed by atoms with Gasteiger partial charge in [0, 0.05) is 10.9 Å². The molecule has 14 heavy (non-hydrogen) atoms. The molecule has 0 aromatic carbocycles. The summed E-state index contributed by atoms with van der Waals surface area (Å²) in [6.07, 6.45) is 0. The average Bonchev–Trinajstić information content (AvgIpc) is 2.73. The zero-order valence-corrected chi connectivity index (χ0v) is 12.2. The fraction of sp³-hybridized carbons (Fsp3) is 0. The Bertz CT molecular complexity index is 432. The summed E-state index contributed by atoms with van der Waals surface area (Å²) >= 11 is 8.63. The van der Waals surface area contributed by atoms with E-state index in [9.17, 15) is 4.79 Å². The van der Waals surface area contributed by atoms with E-state index in [-0.39, 0.29) is 5.78 Å². The van der Waals surface area contributed by atoms with E-state index in [1.165, 1.54) is 11.3 Å². The van der Waals surface area contributed by atoms with Crippen LogP contribution in [-0.4, -0.2) is 5.78 Å². The first-order valence-electron chi connectivity index (χ1n) is 3.71. The lowest BCUT2D eigenvalue weighted by Gasteiger charge is -1.90. The van der Waals surface area contributed by atoms with Gasteiger partial charge in [0.15, 0.2) is 0 Å². The van der Waals surface area contributed by atoms with Crippen LogP contribution in [0.5, 0.6) is 0 Å². The Balaban J connectivity index is 2.33. The van der Waals surface area contributed by atoms with E-state index in [2.05, 4.69) is 38.5 Å². The van der Waals surface area contributed by atoms with E-state index >= 15 is 0 Å². The minimum atomic E-state index is 0.111. The van der Waals surface area contributed by atoms with Crippen molar-refractivity contribution in [2.24, 2.45) is 0 Å². The minimum Gasteiger partial charge on any atom is -0.288 e. The molecule has 0 unspecified atom stereocenters. The number of carbonyl (C=O) groups excluding carboxylic acids is 1. The predicted molar refractivity (Wildman–Crippen MR) is 72.5 cm³/mol. The maximum atomic E-state index is 11.9. The molecule has 0 atom stereocenters. The fourth-order valence-corrected chi connectivity index (χ4v) is 3.68. The monoisotopic (exact) mass is 398 g/mol. The van der Waals surface area contributed by atoms with E-state index in [1.807, 2.05) is 23.6 Å². The van der Waals surface area contributed by atoms with Gasteiger partial charge in [-0.05, 0) is 56.7 Å². The van der Waals surface area contributed by atoms with Crippen LogP contribution in [0.1, 0.15) is 15.2 Å². The second-order valence-corrected chi connectivity index (χ2v) is 7.84. The molecule has 0 saturated carbocycles. The van der Waals surface area contributed by atoms with Crippen LogP contribution in [0.3, 0.4) is 0 Å². The summed E-state index contributed by atoms with van der Waals surface area (Å²) in [6, 6.07) is 5.66. The van der Waals surface area contributed by atoms with Gasteiger partial charge in [0.2, 0.25) is 5.78 Å². The minimum absolute atomic E-state index is 0.111. The average molecular weight is 399 g/mol. The van der Waals surface area contributed by atoms with Gasteiger partial charge < -0.3 is 0 Å². The molecule has 0 aliphatic heterocycles. The van der Waals surface area contributed by atoms with Crippen LogP contribution in [0.15, 0.2) is 27.4 Å². The third-order valence-electron chi connectivity index (χ3n) is 1.63. The number of carbonyl (C=O) groups is 1. The zero-order chi connectivity index (χ0) is 10.1. The van der Waals surface area contributed by atoms with E-state index in [1.54, 1.807) is 11.3 Å². The van der Waals surface area contributed by atoms with Crippen molar-refractivity contribution < 1.29 is 4.79 Å². The van der Waals surface area contributed by atoms with Crippen molar-refractivity contribution in [1.29, 1.82) is 0 Å². The number of halogens is 2. The van der Waals surface area contributed by atoms with Gasteiger partial charge in [-0.2, -0.15) is 0 Å². The lowest BCUT2D eigenvalue weighted by atomic mass is 10.2. The second kappa shape index (κ2) is 4.42. The highest BCUT2D eigenvalue weighted by molar-refractivity contribution is 14.1. The maximum absolute atomic E-state index is 11.9. The van der Waals surface area contributed by atoms with Crippen LogP contribution in [0.2, 0.25) is 0 Å². The van der Waals surface area contributed by atoms with E-state index in [0.29, 0.717) is 0 Å². The molecule has 0 amide bonds. The third-order valence-corrected chi connectivity index (χ3v) is 5.04. The molecule has 0 bridgehead atoms. The lowest BCUT2D eigenvalue weighted by molar-refractivity contribution is 0.104. The van der Waals surface area contributed by atoms with Crippen LogP contribution < -0.4 is 0 Å². The quantitative estimate of drug-likeness (QED) is 0.541. The van der Waals surface area contributed by atoms with E-state index in [4.69, 9.17) is 0 Å². The number of hydrogen-bond acceptors (Lipinski definition) is 3. The van der Waals surface area contributed by atoms with Crippen molar-refractivity contribution in [3.63, 3.8) is 0 Å². The van der Waals surface area contributed by atoms with Crippen molar-refractivity contribution in [2.45, 2.75) is 0 Å². The molecule has 0 radical (unpaired) electrons. The lowest BCUT2D eigenvalue weighted by Crippen LogP contribution is -1.95. The Morgan fingerprint density at radius 1 is 1.43 bits per heavy atom. The smallest absolute Gasteiger partial charge is 0.203 e. The summed E-state index contributed by atoms with van der Waals surface area (Å²) < 4.78 is 2.13. The van der Waals surface area contributed by atoms with Crippen LogP contribution >= 0.6 is 61.2 Å². The predicted octanol–water partition coefficient (Wildman–Crippen LogP) is 4.41. The summed E-state index contributed by atoms with van der Waals surface area (Å²) in [7, 11) is 0. The van der Waals surface area contributed by atoms with E-state index in [0.717, 1.165) is 17.1 Å². The number of thiophene rings is 2.